The number of halogens is 1. The van der Waals surface area contributed by atoms with Gasteiger partial charge < -0.3 is 29.7 Å². The number of hydrogen-bond donors (Lipinski definition) is 2. The predicted molar refractivity (Wildman–Crippen MR) is 183 cm³/mol. The molecule has 0 spiro atoms. The first-order chi connectivity index (χ1) is 21.4. The molecule has 0 saturated carbocycles. The van der Waals surface area contributed by atoms with E-state index in [0.29, 0.717) is 22.8 Å². The van der Waals surface area contributed by atoms with Gasteiger partial charge in [0.25, 0.3) is 0 Å². The number of nitrogens with zero attached hydrogens (tertiary/aromatic N) is 5. The van der Waals surface area contributed by atoms with Crippen LogP contribution in [0.15, 0.2) is 42.6 Å². The topological polar surface area (TPSA) is 85.9 Å². The molecule has 9 nitrogen and oxygen atoms in total. The Morgan fingerprint density at radius 3 is 2.43 bits per heavy atom. The van der Waals surface area contributed by atoms with Crippen LogP contribution in [-0.2, 0) is 11.0 Å². The van der Waals surface area contributed by atoms with Gasteiger partial charge in [-0.15, -0.1) is 0 Å². The van der Waals surface area contributed by atoms with E-state index in [1.807, 2.05) is 24.3 Å². The van der Waals surface area contributed by atoms with Crippen molar-refractivity contribution < 1.29 is 9.30 Å². The molecule has 1 aromatic heterocycles. The molecule has 3 aromatic rings. The van der Waals surface area contributed by atoms with E-state index in [-0.39, 0.29) is 0 Å². The lowest BCUT2D eigenvalue weighted by Gasteiger charge is -2.43. The Kier molecular flexibility index (Phi) is 9.67. The Morgan fingerprint density at radius 1 is 1.00 bits per heavy atom. The number of aromatic nitrogens is 2. The number of benzene rings is 2. The molecule has 3 saturated heterocycles. The molecule has 0 atom stereocenters. The largest absolute Gasteiger partial charge is 0.494 e. The number of hydrogen-bond acceptors (Lipinski definition) is 9. The first-order valence-electron chi connectivity index (χ1n) is 16.0. The molecule has 0 bridgehead atoms. The van der Waals surface area contributed by atoms with E-state index in [4.69, 9.17) is 21.3 Å². The fourth-order valence-corrected chi connectivity index (χ4v) is 10.1. The van der Waals surface area contributed by atoms with Crippen molar-refractivity contribution in [1.82, 2.24) is 19.8 Å². The summed E-state index contributed by atoms with van der Waals surface area (Å²) < 4.78 is 19.5. The fraction of sp³-hybridized carbons (Fsp3) is 0.515. The Hall–Kier alpha value is -2.84. The number of nitrogens with one attached hydrogen (secondary N) is 2. The zero-order valence-corrected chi connectivity index (χ0v) is 27.8. The zero-order valence-electron chi connectivity index (χ0n) is 26.2. The van der Waals surface area contributed by atoms with Crippen molar-refractivity contribution in [1.29, 1.82) is 0 Å². The smallest absolute Gasteiger partial charge is 0.229 e. The molecule has 4 heterocycles. The summed E-state index contributed by atoms with van der Waals surface area (Å²) in [5, 5.41) is 8.01. The monoisotopic (exact) mass is 637 g/mol. The third kappa shape index (κ3) is 6.71. The molecule has 3 aliphatic rings. The zero-order chi connectivity index (χ0) is 30.7. The highest BCUT2D eigenvalue weighted by molar-refractivity contribution is 7.72. The maximum atomic E-state index is 13.7. The number of aryl methyl sites for hydroxylation is 1. The van der Waals surface area contributed by atoms with Crippen LogP contribution in [-0.4, -0.2) is 91.6 Å². The quantitative estimate of drug-likeness (QED) is 0.267. The van der Waals surface area contributed by atoms with E-state index in [2.05, 4.69) is 56.4 Å². The number of methoxy groups -OCH3 is 1. The molecule has 0 unspecified atom stereocenters. The van der Waals surface area contributed by atoms with Crippen molar-refractivity contribution in [3.63, 3.8) is 0 Å². The van der Waals surface area contributed by atoms with Crippen LogP contribution >= 0.6 is 18.7 Å². The Balaban J connectivity index is 1.19. The van der Waals surface area contributed by atoms with Crippen LogP contribution in [0, 0.1) is 0 Å². The molecule has 0 aliphatic carbocycles. The van der Waals surface area contributed by atoms with E-state index in [1.165, 1.54) is 37.2 Å². The van der Waals surface area contributed by atoms with Gasteiger partial charge in [0.05, 0.1) is 24.7 Å². The van der Waals surface area contributed by atoms with Crippen molar-refractivity contribution in [3.05, 3.63) is 53.2 Å². The summed E-state index contributed by atoms with van der Waals surface area (Å²) in [4.78, 5) is 16.8. The molecule has 6 rings (SSSR count). The van der Waals surface area contributed by atoms with E-state index in [9.17, 15) is 4.57 Å². The molecule has 2 N–H and O–H groups in total. The fourth-order valence-electron chi connectivity index (χ4n) is 6.90. The molecular formula is C33H45ClN7O2P. The predicted octanol–water partition coefficient (Wildman–Crippen LogP) is 6.19. The summed E-state index contributed by atoms with van der Waals surface area (Å²) in [6.45, 7) is 8.96. The van der Waals surface area contributed by atoms with Crippen molar-refractivity contribution in [2.75, 3.05) is 81.3 Å². The number of ether oxygens (including phenoxy) is 1. The van der Waals surface area contributed by atoms with Gasteiger partial charge in [-0.1, -0.05) is 30.7 Å². The summed E-state index contributed by atoms with van der Waals surface area (Å²) >= 11 is 6.56. The second kappa shape index (κ2) is 13.7. The Morgan fingerprint density at radius 2 is 1.73 bits per heavy atom. The number of rotatable bonds is 9. The number of piperazine rings is 1. The van der Waals surface area contributed by atoms with Gasteiger partial charge in [-0.25, -0.2) is 4.98 Å². The Labute approximate surface area is 266 Å². The second-order valence-electron chi connectivity index (χ2n) is 12.3. The van der Waals surface area contributed by atoms with Crippen LogP contribution in [0.4, 0.5) is 28.8 Å². The molecule has 0 amide bonds. The van der Waals surface area contributed by atoms with Gasteiger partial charge >= 0.3 is 0 Å². The minimum absolute atomic E-state index is 0.395. The molecule has 2 aromatic carbocycles. The molecule has 236 valence electrons. The summed E-state index contributed by atoms with van der Waals surface area (Å²) in [6.07, 6.45) is 8.36. The third-order valence-electron chi connectivity index (χ3n) is 9.52. The number of anilines is 5. The van der Waals surface area contributed by atoms with Crippen molar-refractivity contribution in [2.45, 2.75) is 45.1 Å². The SMILES string of the molecule is CCc1cc(Nc2ncc(Cl)c(Nc3ccccc3P3(=O)CCCC3)n2)c(OC)cc1N1CCC(N2CCN(C)CC2)CC1. The van der Waals surface area contributed by atoms with Gasteiger partial charge in [0.2, 0.25) is 5.95 Å². The highest BCUT2D eigenvalue weighted by Gasteiger charge is 2.31. The van der Waals surface area contributed by atoms with E-state index >= 15 is 0 Å². The van der Waals surface area contributed by atoms with Gasteiger partial charge in [-0.3, -0.25) is 4.90 Å². The highest BCUT2D eigenvalue weighted by atomic mass is 35.5. The standard InChI is InChI=1S/C33H45ClN7O2P/c1-4-24-21-28(30(43-3)22-29(24)41-13-11-25(12-14-41)40-17-15-39(2)16-18-40)37-33-35-23-26(34)32(38-33)36-27-9-5-6-10-31(27)44(42)19-7-8-20-44/h5-6,9-10,21-23,25H,4,7-8,11-20H2,1-3H3,(H2,35,36,37,38). The molecule has 3 aliphatic heterocycles. The Bertz CT molecular complexity index is 1500. The average molecular weight is 638 g/mol. The first kappa shape index (κ1) is 31.2. The van der Waals surface area contributed by atoms with E-state index in [0.717, 1.165) is 80.2 Å². The maximum Gasteiger partial charge on any atom is 0.229 e. The highest BCUT2D eigenvalue weighted by Crippen LogP contribution is 2.52. The van der Waals surface area contributed by atoms with Crippen LogP contribution in [0.1, 0.15) is 38.2 Å². The van der Waals surface area contributed by atoms with E-state index in [1.54, 1.807) is 13.3 Å². The normalized spacial score (nSPS) is 19.7. The van der Waals surface area contributed by atoms with Crippen molar-refractivity contribution in [3.8, 4) is 5.75 Å². The maximum absolute atomic E-state index is 13.7. The van der Waals surface area contributed by atoms with Gasteiger partial charge in [0.1, 0.15) is 17.9 Å². The van der Waals surface area contributed by atoms with Crippen LogP contribution in [0.3, 0.4) is 0 Å². The van der Waals surface area contributed by atoms with Crippen LogP contribution in [0.2, 0.25) is 5.02 Å². The van der Waals surface area contributed by atoms with Gasteiger partial charge in [-0.2, -0.15) is 4.98 Å². The summed E-state index contributed by atoms with van der Waals surface area (Å²) in [5.74, 6) is 1.62. The van der Waals surface area contributed by atoms with Crippen molar-refractivity contribution >= 4 is 52.9 Å². The summed E-state index contributed by atoms with van der Waals surface area (Å²) in [5.41, 5.74) is 4.10. The molecule has 11 heteroatoms. The van der Waals surface area contributed by atoms with E-state index < -0.39 is 7.14 Å². The summed E-state index contributed by atoms with van der Waals surface area (Å²) in [7, 11) is 1.50. The number of para-hydroxylation sites is 1. The molecular weight excluding hydrogens is 593 g/mol. The minimum Gasteiger partial charge on any atom is -0.494 e. The number of likely N-dealkylation sites (N-methyl/N-ethyl adjacent to an activating group) is 1. The lowest BCUT2D eigenvalue weighted by atomic mass is 9.99. The average Bonchev–Trinajstić information content (AvgIpc) is 3.50. The van der Waals surface area contributed by atoms with Crippen LogP contribution < -0.4 is 25.6 Å². The first-order valence-corrected chi connectivity index (χ1v) is 18.4. The van der Waals surface area contributed by atoms with Crippen LogP contribution in [0.5, 0.6) is 5.75 Å². The third-order valence-corrected chi connectivity index (χ3v) is 13.1. The van der Waals surface area contributed by atoms with Gasteiger partial charge in [0, 0.05) is 74.7 Å². The molecule has 44 heavy (non-hydrogen) atoms. The van der Waals surface area contributed by atoms with Crippen molar-refractivity contribution in [2.24, 2.45) is 0 Å². The second-order valence-corrected chi connectivity index (χ2v) is 15.9. The number of piperidine rings is 1. The van der Waals surface area contributed by atoms with Gasteiger partial charge in [-0.05, 0) is 62.9 Å². The minimum atomic E-state index is -2.42. The molecule has 0 radical (unpaired) electrons. The summed E-state index contributed by atoms with van der Waals surface area (Å²) in [6, 6.07) is 12.8. The van der Waals surface area contributed by atoms with Crippen LogP contribution in [0.25, 0.3) is 0 Å². The lowest BCUT2D eigenvalue weighted by molar-refractivity contribution is 0.0982. The lowest BCUT2D eigenvalue weighted by Crippen LogP contribution is -2.52. The molecule has 3 fully saturated rings. The van der Waals surface area contributed by atoms with Gasteiger partial charge in [0.15, 0.2) is 5.82 Å².